The topological polar surface area (TPSA) is 56.8 Å². The summed E-state index contributed by atoms with van der Waals surface area (Å²) in [5.41, 5.74) is 5.08. The highest BCUT2D eigenvalue weighted by atomic mass is 79.9. The number of rotatable bonds is 6. The Labute approximate surface area is 260 Å². The van der Waals surface area contributed by atoms with Crippen LogP contribution < -0.4 is 0 Å². The zero-order valence-corrected chi connectivity index (χ0v) is 27.4. The van der Waals surface area contributed by atoms with Crippen molar-refractivity contribution in [3.63, 3.8) is 0 Å². The molecule has 0 bridgehead atoms. The summed E-state index contributed by atoms with van der Waals surface area (Å²) in [5, 5.41) is 0.760. The van der Waals surface area contributed by atoms with E-state index in [-0.39, 0.29) is 17.7 Å². The highest BCUT2D eigenvalue weighted by molar-refractivity contribution is 9.10. The van der Waals surface area contributed by atoms with Gasteiger partial charge in [-0.3, -0.25) is 19.5 Å². The molecule has 1 aliphatic carbocycles. The summed E-state index contributed by atoms with van der Waals surface area (Å²) < 4.78 is 2.07. The van der Waals surface area contributed by atoms with Crippen molar-refractivity contribution in [1.29, 1.82) is 0 Å². The lowest BCUT2D eigenvalue weighted by Gasteiger charge is -2.38. The van der Waals surface area contributed by atoms with Crippen LogP contribution in [0.2, 0.25) is 5.02 Å². The van der Waals surface area contributed by atoms with Gasteiger partial charge in [0.25, 0.3) is 0 Å². The van der Waals surface area contributed by atoms with Crippen molar-refractivity contribution in [3.8, 4) is 0 Å². The first-order valence-corrected chi connectivity index (χ1v) is 16.6. The van der Waals surface area contributed by atoms with Gasteiger partial charge in [-0.2, -0.15) is 0 Å². The molecule has 3 aliphatic rings. The van der Waals surface area contributed by atoms with E-state index in [2.05, 4.69) is 53.8 Å². The number of piperidine rings is 2. The van der Waals surface area contributed by atoms with Crippen molar-refractivity contribution < 1.29 is 9.59 Å². The van der Waals surface area contributed by atoms with Gasteiger partial charge in [0.15, 0.2) is 0 Å². The Morgan fingerprint density at radius 3 is 2.42 bits per heavy atom. The summed E-state index contributed by atoms with van der Waals surface area (Å²) in [7, 11) is 1.86. The predicted molar refractivity (Wildman–Crippen MR) is 167 cm³/mol. The molecular formula is C31H39Br2ClN4O2. The summed E-state index contributed by atoms with van der Waals surface area (Å²) in [6, 6.07) is 6.36. The number of aromatic nitrogens is 1. The molecule has 216 valence electrons. The van der Waals surface area contributed by atoms with Gasteiger partial charge in [-0.25, -0.2) is 0 Å². The Kier molecular flexibility index (Phi) is 9.91. The van der Waals surface area contributed by atoms with Crippen LogP contribution in [-0.4, -0.2) is 77.8 Å². The number of likely N-dealkylation sites (tertiary alicyclic amines) is 2. The molecule has 2 aliphatic heterocycles. The first-order chi connectivity index (χ1) is 19.2. The minimum absolute atomic E-state index is 0.178. The molecule has 9 heteroatoms. The second-order valence-corrected chi connectivity index (χ2v) is 13.9. The van der Waals surface area contributed by atoms with E-state index in [4.69, 9.17) is 16.6 Å². The zero-order chi connectivity index (χ0) is 28.4. The first-order valence-electron chi connectivity index (χ1n) is 14.6. The van der Waals surface area contributed by atoms with Crippen molar-refractivity contribution >= 4 is 55.3 Å². The average Bonchev–Trinajstić information content (AvgIpc) is 3.10. The summed E-state index contributed by atoms with van der Waals surface area (Å²) in [4.78, 5) is 36.6. The lowest BCUT2D eigenvalue weighted by Crippen LogP contribution is -2.44. The van der Waals surface area contributed by atoms with Crippen LogP contribution in [0, 0.1) is 11.8 Å². The number of pyridine rings is 1. The number of carbonyl (C=O) groups excluding carboxylic acids is 2. The summed E-state index contributed by atoms with van der Waals surface area (Å²) in [5.74, 6) is 1.47. The van der Waals surface area contributed by atoms with Gasteiger partial charge in [0.2, 0.25) is 11.8 Å². The third kappa shape index (κ3) is 6.77. The molecule has 2 aromatic rings. The van der Waals surface area contributed by atoms with E-state index in [1.807, 2.05) is 26.2 Å². The molecule has 1 aromatic heterocycles. The Morgan fingerprint density at radius 2 is 1.73 bits per heavy atom. The Balaban J connectivity index is 1.21. The number of hydrogen-bond donors (Lipinski definition) is 0. The van der Waals surface area contributed by atoms with Crippen molar-refractivity contribution in [1.82, 2.24) is 19.7 Å². The standard InChI is InChI=1S/C31H39Br2ClN4O2/c1-3-36(2)28(40)19-37-10-6-20(7-11-37)14-27(39)38-12-8-21(9-13-38)30-29-22(16-25(34)17-26(29)33)4-5-23-15-24(32)18-35-31(23)30/h15-18,20-21,30H,3-14,19H2,1-2H3/t30-/m1/s1. The molecule has 0 radical (unpaired) electrons. The van der Waals surface area contributed by atoms with Gasteiger partial charge in [0, 0.05) is 59.2 Å². The number of likely N-dealkylation sites (N-methyl/N-ethyl adjacent to an activating group) is 1. The average molecular weight is 695 g/mol. The van der Waals surface area contributed by atoms with Crippen LogP contribution in [-0.2, 0) is 22.4 Å². The minimum Gasteiger partial charge on any atom is -0.345 e. The van der Waals surface area contributed by atoms with E-state index in [9.17, 15) is 9.59 Å². The fraction of sp³-hybridized carbons (Fsp3) is 0.581. The van der Waals surface area contributed by atoms with Gasteiger partial charge < -0.3 is 9.80 Å². The normalized spacial score (nSPS) is 20.5. The van der Waals surface area contributed by atoms with E-state index in [1.165, 1.54) is 22.4 Å². The van der Waals surface area contributed by atoms with Crippen molar-refractivity contribution in [2.75, 3.05) is 46.3 Å². The number of hydrogen-bond acceptors (Lipinski definition) is 4. The molecule has 1 atom stereocenters. The molecule has 0 N–H and O–H groups in total. The fourth-order valence-corrected chi connectivity index (χ4v) is 8.22. The SMILES string of the molecule is CCN(C)C(=O)CN1CCC(CC(=O)N2CCC([C@H]3c4ncc(Br)cc4CCc4cc(Cl)cc(Br)c43)CC2)CC1. The fourth-order valence-electron chi connectivity index (χ4n) is 6.73. The van der Waals surface area contributed by atoms with Crippen molar-refractivity contribution in [2.45, 2.75) is 57.8 Å². The van der Waals surface area contributed by atoms with Crippen LogP contribution >= 0.6 is 43.5 Å². The molecule has 2 saturated heterocycles. The van der Waals surface area contributed by atoms with Gasteiger partial charge in [-0.1, -0.05) is 27.5 Å². The molecule has 1 aromatic carbocycles. The van der Waals surface area contributed by atoms with Gasteiger partial charge in [-0.15, -0.1) is 0 Å². The number of amides is 2. The lowest BCUT2D eigenvalue weighted by atomic mass is 9.76. The monoisotopic (exact) mass is 692 g/mol. The maximum absolute atomic E-state index is 13.3. The molecular weight excluding hydrogens is 656 g/mol. The largest absolute Gasteiger partial charge is 0.345 e. The quantitative estimate of drug-likeness (QED) is 0.356. The summed E-state index contributed by atoms with van der Waals surface area (Å²) in [6.07, 6.45) is 8.32. The Morgan fingerprint density at radius 1 is 1.02 bits per heavy atom. The van der Waals surface area contributed by atoms with E-state index in [0.29, 0.717) is 24.8 Å². The number of benzene rings is 1. The summed E-state index contributed by atoms with van der Waals surface area (Å²) >= 11 is 13.9. The molecule has 6 nitrogen and oxygen atoms in total. The van der Waals surface area contributed by atoms with Gasteiger partial charge in [0.1, 0.15) is 0 Å². The highest BCUT2D eigenvalue weighted by Gasteiger charge is 2.36. The number of halogens is 3. The van der Waals surface area contributed by atoms with E-state index in [0.717, 1.165) is 85.2 Å². The Bertz CT molecular complexity index is 1240. The number of nitrogens with zero attached hydrogens (tertiary/aromatic N) is 4. The molecule has 3 heterocycles. The van der Waals surface area contributed by atoms with E-state index >= 15 is 0 Å². The van der Waals surface area contributed by atoms with Crippen LogP contribution in [0.15, 0.2) is 33.3 Å². The van der Waals surface area contributed by atoms with Gasteiger partial charge in [-0.05, 0) is 121 Å². The van der Waals surface area contributed by atoms with Crippen LogP contribution in [0.25, 0.3) is 0 Å². The van der Waals surface area contributed by atoms with Crippen LogP contribution in [0.1, 0.15) is 67.3 Å². The molecule has 0 saturated carbocycles. The van der Waals surface area contributed by atoms with Crippen molar-refractivity contribution in [3.05, 3.63) is 60.7 Å². The van der Waals surface area contributed by atoms with E-state index in [1.54, 1.807) is 4.90 Å². The Hall–Kier alpha value is -1.48. The molecule has 40 heavy (non-hydrogen) atoms. The second-order valence-electron chi connectivity index (χ2n) is 11.7. The lowest BCUT2D eigenvalue weighted by molar-refractivity contribution is -0.135. The third-order valence-electron chi connectivity index (χ3n) is 9.21. The second kappa shape index (κ2) is 13.2. The number of aryl methyl sites for hydroxylation is 2. The highest BCUT2D eigenvalue weighted by Crippen LogP contribution is 2.46. The smallest absolute Gasteiger partial charge is 0.236 e. The maximum Gasteiger partial charge on any atom is 0.236 e. The van der Waals surface area contributed by atoms with Crippen LogP contribution in [0.5, 0.6) is 0 Å². The van der Waals surface area contributed by atoms with Gasteiger partial charge in [0.05, 0.1) is 12.2 Å². The molecule has 0 spiro atoms. The summed E-state index contributed by atoms with van der Waals surface area (Å²) in [6.45, 7) is 6.60. The number of carbonyl (C=O) groups is 2. The molecule has 2 amide bonds. The minimum atomic E-state index is 0.178. The molecule has 5 rings (SSSR count). The molecule has 0 unspecified atom stereocenters. The first kappa shape index (κ1) is 30.0. The van der Waals surface area contributed by atoms with Gasteiger partial charge >= 0.3 is 0 Å². The van der Waals surface area contributed by atoms with Crippen LogP contribution in [0.4, 0.5) is 0 Å². The zero-order valence-electron chi connectivity index (χ0n) is 23.5. The predicted octanol–water partition coefficient (Wildman–Crippen LogP) is 6.31. The van der Waals surface area contributed by atoms with Crippen molar-refractivity contribution in [2.24, 2.45) is 11.8 Å². The van der Waals surface area contributed by atoms with Crippen LogP contribution in [0.3, 0.4) is 0 Å². The van der Waals surface area contributed by atoms with E-state index < -0.39 is 0 Å². The number of fused-ring (bicyclic) bond motifs is 2. The maximum atomic E-state index is 13.3. The third-order valence-corrected chi connectivity index (χ3v) is 10.5. The molecule has 2 fully saturated rings.